The third-order valence-electron chi connectivity index (χ3n) is 4.60. The number of nitrogens with zero attached hydrogens (tertiary/aromatic N) is 2. The Morgan fingerprint density at radius 1 is 1.43 bits per heavy atom. The number of aryl methyl sites for hydroxylation is 1. The van der Waals surface area contributed by atoms with Crippen molar-refractivity contribution in [1.29, 1.82) is 0 Å². The Bertz CT molecular complexity index is 587. The van der Waals surface area contributed by atoms with E-state index >= 15 is 0 Å². The summed E-state index contributed by atoms with van der Waals surface area (Å²) in [5.74, 6) is 0.330. The molecule has 2 saturated heterocycles. The Morgan fingerprint density at radius 3 is 2.95 bits per heavy atom. The highest BCUT2D eigenvalue weighted by Crippen LogP contribution is 2.24. The molecule has 4 nitrogen and oxygen atoms in total. The van der Waals surface area contributed by atoms with Gasteiger partial charge in [0.25, 0.3) is 0 Å². The van der Waals surface area contributed by atoms with Gasteiger partial charge in [-0.3, -0.25) is 9.69 Å². The zero-order chi connectivity index (χ0) is 15.0. The molecule has 0 aromatic heterocycles. The number of carbonyl (C=O) groups excluding carboxylic acids is 1. The van der Waals surface area contributed by atoms with Gasteiger partial charge in [-0.15, -0.1) is 0 Å². The highest BCUT2D eigenvalue weighted by molar-refractivity contribution is 7.80. The summed E-state index contributed by atoms with van der Waals surface area (Å²) in [6.45, 7) is 5.85. The molecule has 0 saturated carbocycles. The normalized spacial score (nSPS) is 22.4. The molecular weight excluding hydrogens is 282 g/mol. The molecule has 2 heterocycles. The summed E-state index contributed by atoms with van der Waals surface area (Å²) in [5, 5.41) is 0. The van der Waals surface area contributed by atoms with Crippen LogP contribution in [0.1, 0.15) is 29.5 Å². The van der Waals surface area contributed by atoms with Crippen LogP contribution in [0.25, 0.3) is 0 Å². The maximum Gasteiger partial charge on any atom is 0.222 e. The molecule has 2 aliphatic heterocycles. The van der Waals surface area contributed by atoms with Crippen molar-refractivity contribution < 1.29 is 4.79 Å². The maximum absolute atomic E-state index is 11.7. The van der Waals surface area contributed by atoms with Gasteiger partial charge in [-0.05, 0) is 30.5 Å². The van der Waals surface area contributed by atoms with Gasteiger partial charge in [0, 0.05) is 44.2 Å². The third-order valence-corrected chi connectivity index (χ3v) is 4.84. The van der Waals surface area contributed by atoms with Crippen molar-refractivity contribution in [3.05, 3.63) is 34.9 Å². The highest BCUT2D eigenvalue weighted by atomic mass is 32.1. The minimum absolute atomic E-state index is 0.330. The van der Waals surface area contributed by atoms with E-state index in [1.54, 1.807) is 0 Å². The van der Waals surface area contributed by atoms with Crippen molar-refractivity contribution >= 4 is 23.1 Å². The van der Waals surface area contributed by atoms with Gasteiger partial charge in [0.05, 0.1) is 0 Å². The fourth-order valence-electron chi connectivity index (χ4n) is 3.34. The van der Waals surface area contributed by atoms with Gasteiger partial charge >= 0.3 is 0 Å². The Labute approximate surface area is 130 Å². The van der Waals surface area contributed by atoms with Crippen molar-refractivity contribution in [2.75, 3.05) is 19.6 Å². The average Bonchev–Trinajstić information content (AvgIpc) is 2.82. The average molecular weight is 303 g/mol. The lowest BCUT2D eigenvalue weighted by Gasteiger charge is -2.37. The molecule has 0 aliphatic carbocycles. The van der Waals surface area contributed by atoms with Gasteiger partial charge < -0.3 is 10.6 Å². The van der Waals surface area contributed by atoms with E-state index in [-0.39, 0.29) is 0 Å². The van der Waals surface area contributed by atoms with Crippen LogP contribution in [0.4, 0.5) is 0 Å². The molecule has 2 aliphatic rings. The Kier molecular flexibility index (Phi) is 3.95. The first-order valence-corrected chi connectivity index (χ1v) is 7.86. The Hall–Kier alpha value is -1.46. The predicted octanol–water partition coefficient (Wildman–Crippen LogP) is 1.44. The van der Waals surface area contributed by atoms with Crippen LogP contribution in [0.2, 0.25) is 0 Å². The number of hydrogen-bond acceptors (Lipinski definition) is 3. The first-order chi connectivity index (χ1) is 10.0. The van der Waals surface area contributed by atoms with E-state index in [0.29, 0.717) is 16.9 Å². The molecule has 1 unspecified atom stereocenters. The largest absolute Gasteiger partial charge is 0.389 e. The number of thiocarbonyl (C=S) groups is 1. The van der Waals surface area contributed by atoms with E-state index in [9.17, 15) is 4.79 Å². The molecule has 1 atom stereocenters. The van der Waals surface area contributed by atoms with Crippen LogP contribution in [-0.2, 0) is 11.3 Å². The molecule has 0 bridgehead atoms. The zero-order valence-electron chi connectivity index (χ0n) is 12.3. The van der Waals surface area contributed by atoms with Crippen molar-refractivity contribution in [2.24, 2.45) is 5.73 Å². The van der Waals surface area contributed by atoms with Gasteiger partial charge in [0.2, 0.25) is 5.91 Å². The minimum Gasteiger partial charge on any atom is -0.389 e. The second-order valence-electron chi connectivity index (χ2n) is 6.02. The van der Waals surface area contributed by atoms with Crippen molar-refractivity contribution in [2.45, 2.75) is 32.4 Å². The van der Waals surface area contributed by atoms with E-state index in [2.05, 4.69) is 28.9 Å². The van der Waals surface area contributed by atoms with E-state index in [1.165, 1.54) is 11.1 Å². The number of fused-ring (bicyclic) bond motifs is 1. The van der Waals surface area contributed by atoms with Crippen LogP contribution in [0, 0.1) is 6.92 Å². The van der Waals surface area contributed by atoms with Crippen molar-refractivity contribution in [1.82, 2.24) is 9.80 Å². The molecule has 2 fully saturated rings. The molecule has 0 spiro atoms. The number of hydrogen-bond donors (Lipinski definition) is 1. The molecule has 2 N–H and O–H groups in total. The smallest absolute Gasteiger partial charge is 0.222 e. The molecular formula is C16H21N3OS. The summed E-state index contributed by atoms with van der Waals surface area (Å²) in [6, 6.07) is 6.60. The minimum atomic E-state index is 0.330. The second kappa shape index (κ2) is 5.73. The quantitative estimate of drug-likeness (QED) is 0.859. The standard InChI is InChI=1S/C16H21N3OS/c1-11-8-12(16(17)21)2-3-13(11)9-18-6-7-19-14(10-18)4-5-15(19)20/h2-3,8,14H,4-7,9-10H2,1H3,(H2,17,21). The third kappa shape index (κ3) is 2.94. The Balaban J connectivity index is 1.67. The number of piperazine rings is 1. The maximum atomic E-state index is 11.7. The zero-order valence-corrected chi connectivity index (χ0v) is 13.2. The molecule has 21 heavy (non-hydrogen) atoms. The van der Waals surface area contributed by atoms with E-state index in [0.717, 1.165) is 44.6 Å². The van der Waals surface area contributed by atoms with Crippen molar-refractivity contribution in [3.8, 4) is 0 Å². The topological polar surface area (TPSA) is 49.6 Å². The van der Waals surface area contributed by atoms with Gasteiger partial charge in [0.1, 0.15) is 4.99 Å². The highest BCUT2D eigenvalue weighted by Gasteiger charge is 2.35. The van der Waals surface area contributed by atoms with Crippen LogP contribution in [0.5, 0.6) is 0 Å². The monoisotopic (exact) mass is 303 g/mol. The van der Waals surface area contributed by atoms with Crippen molar-refractivity contribution in [3.63, 3.8) is 0 Å². The summed E-state index contributed by atoms with van der Waals surface area (Å²) < 4.78 is 0. The Morgan fingerprint density at radius 2 is 2.24 bits per heavy atom. The molecule has 0 radical (unpaired) electrons. The first kappa shape index (κ1) is 14.5. The van der Waals surface area contributed by atoms with E-state index in [4.69, 9.17) is 18.0 Å². The molecule has 1 aromatic carbocycles. The van der Waals surface area contributed by atoms with Gasteiger partial charge in [-0.1, -0.05) is 24.4 Å². The lowest BCUT2D eigenvalue weighted by molar-refractivity contribution is -0.130. The summed E-state index contributed by atoms with van der Waals surface area (Å²) in [6.07, 6.45) is 1.73. The van der Waals surface area contributed by atoms with Crippen LogP contribution < -0.4 is 5.73 Å². The predicted molar refractivity (Wildman–Crippen MR) is 87.1 cm³/mol. The lowest BCUT2D eigenvalue weighted by Crippen LogP contribution is -2.51. The fraction of sp³-hybridized carbons (Fsp3) is 0.500. The SMILES string of the molecule is Cc1cc(C(N)=S)ccc1CN1CCN2C(=O)CCC2C1. The fourth-order valence-corrected chi connectivity index (χ4v) is 3.47. The van der Waals surface area contributed by atoms with Crippen LogP contribution in [0.3, 0.4) is 0 Å². The molecule has 5 heteroatoms. The molecule has 1 aromatic rings. The molecule has 1 amide bonds. The van der Waals surface area contributed by atoms with E-state index in [1.807, 2.05) is 6.07 Å². The van der Waals surface area contributed by atoms with Gasteiger partial charge in [-0.25, -0.2) is 0 Å². The summed E-state index contributed by atoms with van der Waals surface area (Å²) in [7, 11) is 0. The van der Waals surface area contributed by atoms with Crippen LogP contribution in [0.15, 0.2) is 18.2 Å². The second-order valence-corrected chi connectivity index (χ2v) is 6.46. The van der Waals surface area contributed by atoms with E-state index < -0.39 is 0 Å². The first-order valence-electron chi connectivity index (χ1n) is 7.46. The summed E-state index contributed by atoms with van der Waals surface area (Å²) in [4.78, 5) is 16.7. The number of carbonyl (C=O) groups is 1. The molecule has 3 rings (SSSR count). The number of amides is 1. The molecule has 112 valence electrons. The van der Waals surface area contributed by atoms with Gasteiger partial charge in [-0.2, -0.15) is 0 Å². The number of nitrogens with two attached hydrogens (primary N) is 1. The van der Waals surface area contributed by atoms with Gasteiger partial charge in [0.15, 0.2) is 0 Å². The number of rotatable bonds is 3. The summed E-state index contributed by atoms with van der Waals surface area (Å²) in [5.41, 5.74) is 9.14. The number of benzene rings is 1. The lowest BCUT2D eigenvalue weighted by atomic mass is 10.0. The summed E-state index contributed by atoms with van der Waals surface area (Å²) >= 11 is 5.02. The van der Waals surface area contributed by atoms with Crippen LogP contribution >= 0.6 is 12.2 Å². The van der Waals surface area contributed by atoms with Crippen LogP contribution in [-0.4, -0.2) is 46.4 Å².